The lowest BCUT2D eigenvalue weighted by molar-refractivity contribution is 1.16. The second kappa shape index (κ2) is 11.0. The molecule has 5 heteroatoms. The van der Waals surface area contributed by atoms with E-state index in [1.54, 1.807) is 12.4 Å². The molecular weight excluding hydrogens is 538 g/mol. The highest BCUT2D eigenvalue weighted by atomic mass is 14.9. The van der Waals surface area contributed by atoms with Crippen LogP contribution in [0.1, 0.15) is 0 Å². The van der Waals surface area contributed by atoms with Gasteiger partial charge in [-0.25, -0.2) is 24.9 Å². The van der Waals surface area contributed by atoms with Gasteiger partial charge in [-0.05, 0) is 58.3 Å². The molecule has 206 valence electrons. The molecule has 5 aromatic carbocycles. The first-order valence-corrected chi connectivity index (χ1v) is 14.5. The van der Waals surface area contributed by atoms with Gasteiger partial charge in [0.1, 0.15) is 5.69 Å². The smallest absolute Gasteiger partial charge is 0.179 e. The average Bonchev–Trinajstić information content (AvgIpc) is 3.11. The molecule has 0 bridgehead atoms. The third-order valence-electron chi connectivity index (χ3n) is 7.82. The number of para-hydroxylation sites is 1. The Morgan fingerprint density at radius 3 is 1.86 bits per heavy atom. The van der Waals surface area contributed by atoms with E-state index in [2.05, 4.69) is 101 Å². The van der Waals surface area contributed by atoms with Gasteiger partial charge in [-0.2, -0.15) is 0 Å². The van der Waals surface area contributed by atoms with Crippen molar-refractivity contribution >= 4 is 21.7 Å². The molecule has 5 nitrogen and oxygen atoms in total. The van der Waals surface area contributed by atoms with E-state index in [-0.39, 0.29) is 0 Å². The van der Waals surface area contributed by atoms with Crippen LogP contribution >= 0.6 is 0 Å². The SMILES string of the molecule is c1ccc(-c2cc(-c3cccc(-c4ccc(-c5ncccn5)c5ccccc45)c3)nc(-c3ccc4ccccc4n3)n2)cc1. The minimum Gasteiger partial charge on any atom is -0.244 e. The highest BCUT2D eigenvalue weighted by Gasteiger charge is 2.15. The zero-order valence-corrected chi connectivity index (χ0v) is 23.7. The van der Waals surface area contributed by atoms with E-state index in [0.29, 0.717) is 11.6 Å². The lowest BCUT2D eigenvalue weighted by Crippen LogP contribution is -1.98. The predicted molar refractivity (Wildman–Crippen MR) is 178 cm³/mol. The van der Waals surface area contributed by atoms with Crippen molar-refractivity contribution in [3.05, 3.63) is 152 Å². The van der Waals surface area contributed by atoms with Crippen molar-refractivity contribution in [3.8, 4) is 56.5 Å². The van der Waals surface area contributed by atoms with Crippen LogP contribution in [0.25, 0.3) is 78.2 Å². The molecule has 0 amide bonds. The molecule has 0 atom stereocenters. The number of pyridine rings is 1. The van der Waals surface area contributed by atoms with Crippen LogP contribution in [0.5, 0.6) is 0 Å². The molecule has 0 aliphatic heterocycles. The molecular formula is C39H25N5. The van der Waals surface area contributed by atoms with Gasteiger partial charge >= 0.3 is 0 Å². The molecule has 0 saturated carbocycles. The molecule has 0 aliphatic carbocycles. The lowest BCUT2D eigenvalue weighted by atomic mass is 9.93. The van der Waals surface area contributed by atoms with Crippen molar-refractivity contribution in [2.75, 3.05) is 0 Å². The summed E-state index contributed by atoms with van der Waals surface area (Å²) in [4.78, 5) is 24.0. The van der Waals surface area contributed by atoms with Gasteiger partial charge in [0, 0.05) is 34.5 Å². The number of fused-ring (bicyclic) bond motifs is 2. The molecule has 44 heavy (non-hydrogen) atoms. The molecule has 0 spiro atoms. The topological polar surface area (TPSA) is 64.5 Å². The van der Waals surface area contributed by atoms with Gasteiger partial charge in [-0.15, -0.1) is 0 Å². The maximum Gasteiger partial charge on any atom is 0.179 e. The first kappa shape index (κ1) is 25.6. The van der Waals surface area contributed by atoms with Crippen molar-refractivity contribution in [1.82, 2.24) is 24.9 Å². The standard InChI is InChI=1S/C39H25N5/c1-2-10-26(11-3-1)36-25-37(44-39(43-36)35-21-18-27-12-4-7-17-34(27)42-35)29-14-8-13-28(24-29)30-19-20-33(38-40-22-9-23-41-38)32-16-6-5-15-31(30)32/h1-25H. The molecule has 3 heterocycles. The fourth-order valence-electron chi connectivity index (χ4n) is 5.69. The summed E-state index contributed by atoms with van der Waals surface area (Å²) in [6.07, 6.45) is 3.56. The maximum atomic E-state index is 5.07. The van der Waals surface area contributed by atoms with Crippen LogP contribution in [0.15, 0.2) is 152 Å². The summed E-state index contributed by atoms with van der Waals surface area (Å²) in [6, 6.07) is 47.5. The summed E-state index contributed by atoms with van der Waals surface area (Å²) in [5.74, 6) is 1.31. The maximum absolute atomic E-state index is 5.07. The Bertz CT molecular complexity index is 2280. The molecule has 8 rings (SSSR count). The number of hydrogen-bond acceptors (Lipinski definition) is 5. The van der Waals surface area contributed by atoms with Crippen LogP contribution in [0.3, 0.4) is 0 Å². The van der Waals surface area contributed by atoms with E-state index < -0.39 is 0 Å². The molecule has 8 aromatic rings. The van der Waals surface area contributed by atoms with Crippen LogP contribution in [-0.2, 0) is 0 Å². The summed E-state index contributed by atoms with van der Waals surface area (Å²) in [5.41, 5.74) is 8.62. The summed E-state index contributed by atoms with van der Waals surface area (Å²) < 4.78 is 0. The minimum absolute atomic E-state index is 0.593. The van der Waals surface area contributed by atoms with Crippen LogP contribution in [-0.4, -0.2) is 24.9 Å². The summed E-state index contributed by atoms with van der Waals surface area (Å²) in [7, 11) is 0. The van der Waals surface area contributed by atoms with Crippen LogP contribution in [0.4, 0.5) is 0 Å². The number of aromatic nitrogens is 5. The second-order valence-electron chi connectivity index (χ2n) is 10.6. The second-order valence-corrected chi connectivity index (χ2v) is 10.6. The molecule has 0 radical (unpaired) electrons. The average molecular weight is 564 g/mol. The summed E-state index contributed by atoms with van der Waals surface area (Å²) in [6.45, 7) is 0. The van der Waals surface area contributed by atoms with Crippen molar-refractivity contribution in [3.63, 3.8) is 0 Å². The van der Waals surface area contributed by atoms with Gasteiger partial charge in [-0.1, -0.05) is 103 Å². The van der Waals surface area contributed by atoms with Crippen LogP contribution in [0, 0.1) is 0 Å². The number of benzene rings is 5. The number of rotatable bonds is 5. The first-order chi connectivity index (χ1) is 21.8. The predicted octanol–water partition coefficient (Wildman–Crippen LogP) is 9.30. The Kier molecular flexibility index (Phi) is 6.39. The van der Waals surface area contributed by atoms with Crippen molar-refractivity contribution in [2.24, 2.45) is 0 Å². The minimum atomic E-state index is 0.593. The monoisotopic (exact) mass is 563 g/mol. The Morgan fingerprint density at radius 1 is 0.364 bits per heavy atom. The Hall–Kier alpha value is -6.07. The number of nitrogens with zero attached hydrogens (tertiary/aromatic N) is 5. The van der Waals surface area contributed by atoms with Crippen LogP contribution in [0.2, 0.25) is 0 Å². The van der Waals surface area contributed by atoms with Gasteiger partial charge in [0.15, 0.2) is 11.6 Å². The Labute approximate surface area is 254 Å². The van der Waals surface area contributed by atoms with E-state index in [1.165, 1.54) is 0 Å². The van der Waals surface area contributed by atoms with Gasteiger partial charge in [0.05, 0.1) is 16.9 Å². The molecule has 0 saturated heterocycles. The fraction of sp³-hybridized carbons (Fsp3) is 0. The van der Waals surface area contributed by atoms with E-state index in [1.807, 2.05) is 48.5 Å². The molecule has 0 fully saturated rings. The van der Waals surface area contributed by atoms with Gasteiger partial charge < -0.3 is 0 Å². The zero-order chi connectivity index (χ0) is 29.3. The molecule has 0 aliphatic rings. The summed E-state index contributed by atoms with van der Waals surface area (Å²) >= 11 is 0. The van der Waals surface area contributed by atoms with E-state index in [0.717, 1.165) is 66.6 Å². The van der Waals surface area contributed by atoms with Crippen molar-refractivity contribution in [1.29, 1.82) is 0 Å². The van der Waals surface area contributed by atoms with Gasteiger partial charge in [0.2, 0.25) is 0 Å². The Morgan fingerprint density at radius 2 is 1.02 bits per heavy atom. The molecule has 0 N–H and O–H groups in total. The third-order valence-corrected chi connectivity index (χ3v) is 7.82. The largest absolute Gasteiger partial charge is 0.244 e. The third kappa shape index (κ3) is 4.76. The quantitative estimate of drug-likeness (QED) is 0.209. The summed E-state index contributed by atoms with van der Waals surface area (Å²) in [5, 5.41) is 3.34. The molecule has 3 aromatic heterocycles. The van der Waals surface area contributed by atoms with Gasteiger partial charge in [-0.3, -0.25) is 0 Å². The van der Waals surface area contributed by atoms with Crippen molar-refractivity contribution in [2.45, 2.75) is 0 Å². The molecule has 0 unspecified atom stereocenters. The van der Waals surface area contributed by atoms with E-state index >= 15 is 0 Å². The highest BCUT2D eigenvalue weighted by Crippen LogP contribution is 2.36. The normalized spacial score (nSPS) is 11.2. The number of hydrogen-bond donors (Lipinski definition) is 0. The van der Waals surface area contributed by atoms with E-state index in [9.17, 15) is 0 Å². The lowest BCUT2D eigenvalue weighted by Gasteiger charge is -2.13. The fourth-order valence-corrected chi connectivity index (χ4v) is 5.69. The van der Waals surface area contributed by atoms with Crippen LogP contribution < -0.4 is 0 Å². The first-order valence-electron chi connectivity index (χ1n) is 14.5. The highest BCUT2D eigenvalue weighted by molar-refractivity contribution is 6.04. The van der Waals surface area contributed by atoms with Gasteiger partial charge in [0.25, 0.3) is 0 Å². The van der Waals surface area contributed by atoms with Crippen molar-refractivity contribution < 1.29 is 0 Å². The van der Waals surface area contributed by atoms with E-state index in [4.69, 9.17) is 15.0 Å². The Balaban J connectivity index is 1.28. The zero-order valence-electron chi connectivity index (χ0n) is 23.7.